The van der Waals surface area contributed by atoms with E-state index in [-0.39, 0.29) is 23.2 Å². The van der Waals surface area contributed by atoms with Crippen LogP contribution in [0.2, 0.25) is 0 Å². The van der Waals surface area contributed by atoms with Crippen LogP contribution in [0.25, 0.3) is 0 Å². The van der Waals surface area contributed by atoms with Gasteiger partial charge >= 0.3 is 7.60 Å². The summed E-state index contributed by atoms with van der Waals surface area (Å²) in [6.45, 7) is 7.62. The van der Waals surface area contributed by atoms with Crippen molar-refractivity contribution in [1.82, 2.24) is 16.0 Å². The first-order valence-corrected chi connectivity index (χ1v) is 15.1. The second-order valence-electron chi connectivity index (χ2n) is 9.72. The van der Waals surface area contributed by atoms with Crippen LogP contribution in [-0.4, -0.2) is 29.3 Å². The van der Waals surface area contributed by atoms with Gasteiger partial charge in [-0.1, -0.05) is 91.0 Å². The summed E-state index contributed by atoms with van der Waals surface area (Å²) in [6, 6.07) is 28.0. The molecule has 0 bridgehead atoms. The fourth-order valence-electron chi connectivity index (χ4n) is 4.01. The Morgan fingerprint density at radius 1 is 0.769 bits per heavy atom. The number of rotatable bonds is 13. The lowest BCUT2D eigenvalue weighted by molar-refractivity contribution is -0.122. The van der Waals surface area contributed by atoms with Crippen LogP contribution in [0.15, 0.2) is 91.0 Å². The number of nitrogens with one attached hydrogen (secondary N) is 3. The van der Waals surface area contributed by atoms with Crippen molar-refractivity contribution in [3.63, 3.8) is 0 Å². The van der Waals surface area contributed by atoms with Gasteiger partial charge in [0, 0.05) is 13.0 Å². The Kier molecular flexibility index (Phi) is 11.7. The van der Waals surface area contributed by atoms with E-state index in [4.69, 9.17) is 21.3 Å². The molecule has 7 nitrogen and oxygen atoms in total. The van der Waals surface area contributed by atoms with Gasteiger partial charge in [0.05, 0.1) is 12.2 Å². The van der Waals surface area contributed by atoms with E-state index in [2.05, 4.69) is 16.0 Å². The number of benzene rings is 3. The number of hydrogen-bond donors (Lipinski definition) is 3. The largest absolute Gasteiger partial charge is 0.357 e. The molecule has 3 rings (SSSR count). The van der Waals surface area contributed by atoms with Gasteiger partial charge in [0.2, 0.25) is 5.91 Å². The summed E-state index contributed by atoms with van der Waals surface area (Å²) in [5, 5.41) is 9.48. The predicted octanol–water partition coefficient (Wildman–Crippen LogP) is 6.12. The molecular weight excluding hydrogens is 529 g/mol. The molecule has 0 aliphatic carbocycles. The molecule has 39 heavy (non-hydrogen) atoms. The van der Waals surface area contributed by atoms with E-state index in [0.717, 1.165) is 11.1 Å². The van der Waals surface area contributed by atoms with Gasteiger partial charge in [-0.25, -0.2) is 0 Å². The third-order valence-corrected chi connectivity index (χ3v) is 8.36. The van der Waals surface area contributed by atoms with E-state index in [1.54, 1.807) is 0 Å². The van der Waals surface area contributed by atoms with Gasteiger partial charge in [-0.15, -0.1) is 0 Å². The summed E-state index contributed by atoms with van der Waals surface area (Å²) in [5.74, 6) is -1.09. The lowest BCUT2D eigenvalue weighted by Gasteiger charge is -2.32. The highest BCUT2D eigenvalue weighted by Crippen LogP contribution is 2.61. The minimum atomic E-state index is -3.74. The first kappa shape index (κ1) is 30.5. The smallest absolute Gasteiger partial charge is 0.351 e. The third kappa shape index (κ3) is 9.90. The molecule has 0 aliphatic heterocycles. The highest BCUT2D eigenvalue weighted by Gasteiger charge is 2.40. The maximum atomic E-state index is 14.2. The minimum absolute atomic E-state index is 0.166. The van der Waals surface area contributed by atoms with E-state index in [0.29, 0.717) is 18.5 Å². The molecule has 3 N–H and O–H groups in total. The third-order valence-electron chi connectivity index (χ3n) is 5.63. The molecule has 208 valence electrons. The normalized spacial score (nSPS) is 13.1. The summed E-state index contributed by atoms with van der Waals surface area (Å²) in [5.41, 5.74) is 2.66. The number of carbonyl (C=O) groups is 1. The molecule has 0 saturated heterocycles. The van der Waals surface area contributed by atoms with Crippen LogP contribution in [-0.2, 0) is 31.4 Å². The molecule has 0 aromatic heterocycles. The van der Waals surface area contributed by atoms with Crippen LogP contribution < -0.4 is 16.0 Å². The van der Waals surface area contributed by atoms with E-state index in [1.165, 1.54) is 0 Å². The Labute approximate surface area is 237 Å². The van der Waals surface area contributed by atoms with Crippen LogP contribution in [0, 0.1) is 0 Å². The first-order chi connectivity index (χ1) is 18.7. The summed E-state index contributed by atoms with van der Waals surface area (Å²) < 4.78 is 26.0. The average Bonchev–Trinajstić information content (AvgIpc) is 2.90. The molecule has 0 fully saturated rings. The number of thiocarbonyl (C=S) groups is 1. The van der Waals surface area contributed by atoms with Gasteiger partial charge in [0.25, 0.3) is 0 Å². The first-order valence-electron chi connectivity index (χ1n) is 13.1. The highest BCUT2D eigenvalue weighted by molar-refractivity contribution is 7.80. The Balaban J connectivity index is 1.83. The summed E-state index contributed by atoms with van der Waals surface area (Å²) in [4.78, 5) is 13.3. The molecule has 3 aromatic rings. The van der Waals surface area contributed by atoms with E-state index in [9.17, 15) is 9.36 Å². The van der Waals surface area contributed by atoms with E-state index < -0.39 is 19.4 Å². The van der Waals surface area contributed by atoms with Crippen molar-refractivity contribution in [2.45, 2.75) is 64.7 Å². The highest BCUT2D eigenvalue weighted by atomic mass is 32.1. The lowest BCUT2D eigenvalue weighted by Crippen LogP contribution is -2.51. The zero-order chi connectivity index (χ0) is 28.3. The van der Waals surface area contributed by atoms with Gasteiger partial charge in [0.1, 0.15) is 6.04 Å². The standard InChI is InChI=1S/C30H38N3O4PS/c1-22(2)36-38(35,37-23(3)4)29(26-18-12-7-13-19-26)33-30(39)32-27(20-24-14-8-5-9-15-24)28(34)31-21-25-16-10-6-11-17-25/h5-19,22-23,27,29H,20-21H2,1-4H3,(H,31,34)(H2,32,33,39)/t27-,29?/m1/s1. The molecule has 0 spiro atoms. The molecule has 0 heterocycles. The van der Waals surface area contributed by atoms with Gasteiger partial charge < -0.3 is 25.0 Å². The monoisotopic (exact) mass is 567 g/mol. The van der Waals surface area contributed by atoms with Crippen molar-refractivity contribution in [3.8, 4) is 0 Å². The van der Waals surface area contributed by atoms with Gasteiger partial charge in [-0.05, 0) is 56.6 Å². The molecule has 9 heteroatoms. The minimum Gasteiger partial charge on any atom is -0.351 e. The van der Waals surface area contributed by atoms with E-state index >= 15 is 0 Å². The lowest BCUT2D eigenvalue weighted by atomic mass is 10.1. The molecule has 0 aliphatic rings. The summed E-state index contributed by atoms with van der Waals surface area (Å²) in [7, 11) is -3.74. The average molecular weight is 568 g/mol. The molecule has 1 amide bonds. The molecular formula is C30H38N3O4PS. The second-order valence-corrected chi connectivity index (χ2v) is 12.2. The summed E-state index contributed by atoms with van der Waals surface area (Å²) >= 11 is 5.68. The topological polar surface area (TPSA) is 88.7 Å². The van der Waals surface area contributed by atoms with Crippen LogP contribution >= 0.6 is 19.8 Å². The molecule has 3 aromatic carbocycles. The number of hydrogen-bond acceptors (Lipinski definition) is 5. The maximum Gasteiger partial charge on any atom is 0.357 e. The zero-order valence-electron chi connectivity index (χ0n) is 22.9. The van der Waals surface area contributed by atoms with Gasteiger partial charge in [-0.2, -0.15) is 0 Å². The second kappa shape index (κ2) is 14.9. The van der Waals surface area contributed by atoms with Crippen molar-refractivity contribution >= 4 is 30.8 Å². The van der Waals surface area contributed by atoms with Crippen molar-refractivity contribution in [2.75, 3.05) is 0 Å². The van der Waals surface area contributed by atoms with Crippen LogP contribution in [0.4, 0.5) is 0 Å². The van der Waals surface area contributed by atoms with Crippen molar-refractivity contribution in [2.24, 2.45) is 0 Å². The number of carbonyl (C=O) groups excluding carboxylic acids is 1. The summed E-state index contributed by atoms with van der Waals surface area (Å²) in [6.07, 6.45) is -0.292. The predicted molar refractivity (Wildman–Crippen MR) is 160 cm³/mol. The SMILES string of the molecule is CC(C)OP(=O)(OC(C)C)C(NC(=S)N[C@H](Cc1ccccc1)C(=O)NCc1ccccc1)c1ccccc1. The van der Waals surface area contributed by atoms with Crippen LogP contribution in [0.3, 0.4) is 0 Å². The van der Waals surface area contributed by atoms with Crippen molar-refractivity contribution in [3.05, 3.63) is 108 Å². The molecule has 1 unspecified atom stereocenters. The maximum absolute atomic E-state index is 14.2. The Hall–Kier alpha value is -3.03. The Morgan fingerprint density at radius 3 is 1.77 bits per heavy atom. The molecule has 2 atom stereocenters. The zero-order valence-corrected chi connectivity index (χ0v) is 24.6. The Morgan fingerprint density at radius 2 is 1.26 bits per heavy atom. The van der Waals surface area contributed by atoms with Crippen molar-refractivity contribution in [1.29, 1.82) is 0 Å². The fourth-order valence-corrected chi connectivity index (χ4v) is 6.65. The molecule has 0 saturated carbocycles. The van der Waals surface area contributed by atoms with Crippen molar-refractivity contribution < 1.29 is 18.4 Å². The van der Waals surface area contributed by atoms with Crippen LogP contribution in [0.1, 0.15) is 50.2 Å². The van der Waals surface area contributed by atoms with Crippen LogP contribution in [0.5, 0.6) is 0 Å². The Bertz CT molecular complexity index is 1210. The fraction of sp³-hybridized carbons (Fsp3) is 0.333. The van der Waals surface area contributed by atoms with Gasteiger partial charge in [-0.3, -0.25) is 9.36 Å². The molecule has 0 radical (unpaired) electrons. The van der Waals surface area contributed by atoms with E-state index in [1.807, 2.05) is 119 Å². The quantitative estimate of drug-likeness (QED) is 0.169. The number of amides is 1. The van der Waals surface area contributed by atoms with Gasteiger partial charge in [0.15, 0.2) is 10.9 Å².